The average molecular weight is 309 g/mol. The fourth-order valence-corrected chi connectivity index (χ4v) is 2.00. The quantitative estimate of drug-likeness (QED) is 0.834. The van der Waals surface area contributed by atoms with Crippen LogP contribution in [-0.2, 0) is 20.7 Å². The lowest BCUT2D eigenvalue weighted by Gasteiger charge is -2.29. The van der Waals surface area contributed by atoms with Crippen LogP contribution in [0.2, 0.25) is 0 Å². The number of nitrogens with one attached hydrogen (secondary N) is 1. The van der Waals surface area contributed by atoms with Crippen molar-refractivity contribution in [1.82, 2.24) is 5.32 Å². The highest BCUT2D eigenvalue weighted by atomic mass is 16.6. The number of carbonyl (C=O) groups excluding carboxylic acids is 2. The van der Waals surface area contributed by atoms with Gasteiger partial charge in [0, 0.05) is 6.42 Å². The summed E-state index contributed by atoms with van der Waals surface area (Å²) in [4.78, 5) is 24.0. The van der Waals surface area contributed by atoms with E-state index < -0.39 is 23.2 Å². The molecule has 0 aliphatic rings. The Morgan fingerprint density at radius 1 is 1.23 bits per heavy atom. The molecule has 0 heterocycles. The largest absolute Gasteiger partial charge is 0.508 e. The zero-order chi connectivity index (χ0) is 17.0. The molecule has 1 rings (SSSR count). The van der Waals surface area contributed by atoms with Crippen molar-refractivity contribution >= 4 is 12.1 Å². The number of methoxy groups -OCH3 is 1. The molecule has 122 valence electrons. The first-order chi connectivity index (χ1) is 10.1. The highest BCUT2D eigenvalue weighted by Gasteiger charge is 2.37. The van der Waals surface area contributed by atoms with Crippen molar-refractivity contribution in [1.29, 1.82) is 0 Å². The van der Waals surface area contributed by atoms with Gasteiger partial charge in [0.15, 0.2) is 0 Å². The highest BCUT2D eigenvalue weighted by Crippen LogP contribution is 2.19. The van der Waals surface area contributed by atoms with Gasteiger partial charge in [-0.3, -0.25) is 0 Å². The minimum absolute atomic E-state index is 0.0852. The molecule has 1 aromatic rings. The predicted octanol–water partition coefficient (Wildman–Crippen LogP) is 2.39. The molecule has 6 nitrogen and oxygen atoms in total. The Morgan fingerprint density at radius 2 is 1.86 bits per heavy atom. The summed E-state index contributed by atoms with van der Waals surface area (Å²) in [7, 11) is 1.25. The molecule has 0 radical (unpaired) electrons. The van der Waals surface area contributed by atoms with Gasteiger partial charge < -0.3 is 19.9 Å². The third-order valence-electron chi connectivity index (χ3n) is 2.88. The van der Waals surface area contributed by atoms with Crippen LogP contribution in [-0.4, -0.2) is 35.4 Å². The molecule has 0 spiro atoms. The minimum atomic E-state index is -1.30. The van der Waals surface area contributed by atoms with E-state index in [2.05, 4.69) is 5.32 Å². The van der Waals surface area contributed by atoms with Crippen molar-refractivity contribution in [3.8, 4) is 5.75 Å². The van der Waals surface area contributed by atoms with Gasteiger partial charge in [0.25, 0.3) is 0 Å². The van der Waals surface area contributed by atoms with Crippen LogP contribution >= 0.6 is 0 Å². The first-order valence-electron chi connectivity index (χ1n) is 6.93. The van der Waals surface area contributed by atoms with Crippen molar-refractivity contribution in [3.05, 3.63) is 29.8 Å². The summed E-state index contributed by atoms with van der Waals surface area (Å²) in [6.45, 7) is 6.75. The molecule has 1 aromatic carbocycles. The molecule has 0 aliphatic heterocycles. The number of phenolic OH excluding ortho intramolecular Hbond substituents is 1. The maximum atomic E-state index is 12.1. The zero-order valence-corrected chi connectivity index (χ0v) is 13.6. The van der Waals surface area contributed by atoms with Crippen LogP contribution in [0.1, 0.15) is 33.3 Å². The monoisotopic (exact) mass is 309 g/mol. The summed E-state index contributed by atoms with van der Waals surface area (Å²) < 4.78 is 9.96. The van der Waals surface area contributed by atoms with Crippen LogP contribution in [0, 0.1) is 0 Å². The van der Waals surface area contributed by atoms with Gasteiger partial charge >= 0.3 is 12.1 Å². The molecule has 0 fully saturated rings. The first kappa shape index (κ1) is 17.8. The minimum Gasteiger partial charge on any atom is -0.508 e. The number of rotatable bonds is 4. The van der Waals surface area contributed by atoms with Gasteiger partial charge in [-0.1, -0.05) is 12.1 Å². The fourth-order valence-electron chi connectivity index (χ4n) is 2.00. The maximum absolute atomic E-state index is 12.1. The molecular formula is C16H23NO5. The van der Waals surface area contributed by atoms with Gasteiger partial charge in [0.05, 0.1) is 7.11 Å². The van der Waals surface area contributed by atoms with E-state index >= 15 is 0 Å². The molecule has 0 saturated carbocycles. The Kier molecular flexibility index (Phi) is 5.41. The first-order valence-corrected chi connectivity index (χ1v) is 6.93. The van der Waals surface area contributed by atoms with E-state index in [1.165, 1.54) is 19.2 Å². The summed E-state index contributed by atoms with van der Waals surface area (Å²) in [6, 6.07) is 6.46. The molecule has 0 aliphatic carbocycles. The van der Waals surface area contributed by atoms with Crippen LogP contribution in [0.15, 0.2) is 24.3 Å². The van der Waals surface area contributed by atoms with Gasteiger partial charge in [-0.15, -0.1) is 0 Å². The summed E-state index contributed by atoms with van der Waals surface area (Å²) in [6.07, 6.45) is -0.548. The summed E-state index contributed by atoms with van der Waals surface area (Å²) in [5.74, 6) is -0.510. The highest BCUT2D eigenvalue weighted by molar-refractivity contribution is 5.85. The molecule has 1 unspecified atom stereocenters. The van der Waals surface area contributed by atoms with Crippen LogP contribution < -0.4 is 5.32 Å². The van der Waals surface area contributed by atoms with Crippen LogP contribution in [0.25, 0.3) is 0 Å². The molecule has 0 aromatic heterocycles. The third-order valence-corrected chi connectivity index (χ3v) is 2.88. The van der Waals surface area contributed by atoms with Crippen LogP contribution in [0.5, 0.6) is 5.75 Å². The second kappa shape index (κ2) is 6.68. The van der Waals surface area contributed by atoms with Gasteiger partial charge in [0.1, 0.15) is 16.9 Å². The Labute approximate surface area is 130 Å². The zero-order valence-electron chi connectivity index (χ0n) is 13.6. The normalized spacial score (nSPS) is 13.9. The van der Waals surface area contributed by atoms with E-state index in [0.29, 0.717) is 5.56 Å². The van der Waals surface area contributed by atoms with Gasteiger partial charge in [-0.25, -0.2) is 9.59 Å². The van der Waals surface area contributed by atoms with Crippen LogP contribution in [0.3, 0.4) is 0 Å². The SMILES string of the molecule is COC(=O)C(C)(Cc1cccc(O)c1)NC(=O)OC(C)(C)C. The Bertz CT molecular complexity index is 550. The fraction of sp³-hybridized carbons (Fsp3) is 0.500. The molecule has 1 atom stereocenters. The lowest BCUT2D eigenvalue weighted by Crippen LogP contribution is -2.55. The summed E-state index contributed by atoms with van der Waals surface area (Å²) in [5, 5.41) is 12.1. The average Bonchev–Trinajstić information content (AvgIpc) is 2.34. The maximum Gasteiger partial charge on any atom is 0.408 e. The van der Waals surface area contributed by atoms with Crippen molar-refractivity contribution in [2.75, 3.05) is 7.11 Å². The smallest absolute Gasteiger partial charge is 0.408 e. The number of amides is 1. The van der Waals surface area contributed by atoms with Crippen LogP contribution in [0.4, 0.5) is 4.79 Å². The van der Waals surface area contributed by atoms with Gasteiger partial charge in [-0.2, -0.15) is 0 Å². The Hall–Kier alpha value is -2.24. The second-order valence-corrected chi connectivity index (χ2v) is 6.30. The van der Waals surface area contributed by atoms with E-state index in [0.717, 1.165) is 0 Å². The predicted molar refractivity (Wildman–Crippen MR) is 81.6 cm³/mol. The second-order valence-electron chi connectivity index (χ2n) is 6.30. The van der Waals surface area contributed by atoms with E-state index in [4.69, 9.17) is 9.47 Å². The van der Waals surface area contributed by atoms with Gasteiger partial charge in [-0.05, 0) is 45.4 Å². The molecule has 2 N–H and O–H groups in total. The van der Waals surface area contributed by atoms with Crippen molar-refractivity contribution in [2.45, 2.75) is 45.3 Å². The van der Waals surface area contributed by atoms with E-state index in [1.807, 2.05) is 0 Å². The summed E-state index contributed by atoms with van der Waals surface area (Å²) in [5.41, 5.74) is -1.29. The lowest BCUT2D eigenvalue weighted by atomic mass is 9.93. The molecule has 6 heteroatoms. The number of ether oxygens (including phenoxy) is 2. The van der Waals surface area contributed by atoms with Crippen molar-refractivity contribution in [3.63, 3.8) is 0 Å². The van der Waals surface area contributed by atoms with Gasteiger partial charge in [0.2, 0.25) is 0 Å². The topological polar surface area (TPSA) is 84.9 Å². The number of aromatic hydroxyl groups is 1. The molecule has 22 heavy (non-hydrogen) atoms. The number of carbonyl (C=O) groups is 2. The summed E-state index contributed by atoms with van der Waals surface area (Å²) >= 11 is 0. The lowest BCUT2D eigenvalue weighted by molar-refractivity contribution is -0.147. The number of hydrogen-bond donors (Lipinski definition) is 2. The molecule has 0 bridgehead atoms. The number of alkyl carbamates (subject to hydrolysis) is 1. The van der Waals surface area contributed by atoms with E-state index in [9.17, 15) is 14.7 Å². The molecule has 1 amide bonds. The third kappa shape index (κ3) is 5.27. The van der Waals surface area contributed by atoms with E-state index in [1.54, 1.807) is 39.8 Å². The molecule has 0 saturated heterocycles. The molecular weight excluding hydrogens is 286 g/mol. The van der Waals surface area contributed by atoms with E-state index in [-0.39, 0.29) is 12.2 Å². The number of phenols is 1. The Morgan fingerprint density at radius 3 is 2.36 bits per heavy atom. The van der Waals surface area contributed by atoms with Crippen molar-refractivity contribution < 1.29 is 24.2 Å². The number of benzene rings is 1. The number of hydrogen-bond acceptors (Lipinski definition) is 5. The Balaban J connectivity index is 2.95. The number of esters is 1. The standard InChI is InChI=1S/C16H23NO5/c1-15(2,3)22-14(20)17-16(4,13(19)21-5)10-11-7-6-8-12(18)9-11/h6-9,18H,10H2,1-5H3,(H,17,20). The van der Waals surface area contributed by atoms with Crippen molar-refractivity contribution in [2.24, 2.45) is 0 Å².